The van der Waals surface area contributed by atoms with Crippen molar-refractivity contribution in [2.75, 3.05) is 12.3 Å². The van der Waals surface area contributed by atoms with E-state index in [0.717, 1.165) is 37.1 Å². The van der Waals surface area contributed by atoms with E-state index in [-0.39, 0.29) is 11.3 Å². The second kappa shape index (κ2) is 5.86. The zero-order valence-corrected chi connectivity index (χ0v) is 12.9. The molecule has 0 unspecified atom stereocenters. The molecule has 1 heterocycles. The molecule has 1 aromatic rings. The highest BCUT2D eigenvalue weighted by Gasteiger charge is 2.31. The van der Waals surface area contributed by atoms with Gasteiger partial charge in [-0.1, -0.05) is 32.9 Å². The Kier molecular flexibility index (Phi) is 4.36. The summed E-state index contributed by atoms with van der Waals surface area (Å²) in [5.41, 5.74) is 7.74. The predicted octanol–water partition coefficient (Wildman–Crippen LogP) is 3.24. The van der Waals surface area contributed by atoms with E-state index in [1.165, 1.54) is 0 Å². The number of hydrogen-bond donors (Lipinski definition) is 1. The van der Waals surface area contributed by atoms with Crippen molar-refractivity contribution in [3.8, 4) is 0 Å². The highest BCUT2D eigenvalue weighted by Crippen LogP contribution is 2.30. The van der Waals surface area contributed by atoms with Gasteiger partial charge in [0.1, 0.15) is 0 Å². The number of nitrogens with two attached hydrogens (primary N) is 1. The monoisotopic (exact) mass is 274 g/mol. The molecule has 1 amide bonds. The van der Waals surface area contributed by atoms with Gasteiger partial charge in [-0.05, 0) is 42.4 Å². The van der Waals surface area contributed by atoms with Crippen LogP contribution in [0.4, 0.5) is 5.69 Å². The smallest absolute Gasteiger partial charge is 0.227 e. The first kappa shape index (κ1) is 14.9. The van der Waals surface area contributed by atoms with E-state index in [9.17, 15) is 4.79 Å². The van der Waals surface area contributed by atoms with Crippen molar-refractivity contribution < 1.29 is 4.79 Å². The number of amides is 1. The van der Waals surface area contributed by atoms with E-state index in [1.807, 2.05) is 24.3 Å². The van der Waals surface area contributed by atoms with Gasteiger partial charge < -0.3 is 10.6 Å². The van der Waals surface area contributed by atoms with Crippen LogP contribution >= 0.6 is 0 Å². The summed E-state index contributed by atoms with van der Waals surface area (Å²) in [5, 5.41) is 0. The first-order valence-electron chi connectivity index (χ1n) is 7.49. The maximum Gasteiger partial charge on any atom is 0.227 e. The van der Waals surface area contributed by atoms with Crippen molar-refractivity contribution in [1.82, 2.24) is 4.90 Å². The van der Waals surface area contributed by atoms with Crippen LogP contribution < -0.4 is 5.73 Å². The summed E-state index contributed by atoms with van der Waals surface area (Å²) in [7, 11) is 0. The van der Waals surface area contributed by atoms with Gasteiger partial charge in [0.2, 0.25) is 5.91 Å². The van der Waals surface area contributed by atoms with Crippen LogP contribution in [0.3, 0.4) is 0 Å². The molecule has 3 heteroatoms. The molecular formula is C17H26N2O. The summed E-state index contributed by atoms with van der Waals surface area (Å²) in [5.74, 6) is 0.251. The molecule has 0 aromatic heterocycles. The van der Waals surface area contributed by atoms with Gasteiger partial charge >= 0.3 is 0 Å². The minimum atomic E-state index is 0.251. The Morgan fingerprint density at radius 1 is 1.30 bits per heavy atom. The molecule has 0 saturated carbocycles. The van der Waals surface area contributed by atoms with Crippen molar-refractivity contribution in [2.45, 2.75) is 52.5 Å². The molecule has 1 atom stereocenters. The fourth-order valence-electron chi connectivity index (χ4n) is 2.99. The summed E-state index contributed by atoms with van der Waals surface area (Å²) >= 11 is 0. The van der Waals surface area contributed by atoms with Crippen molar-refractivity contribution in [1.29, 1.82) is 0 Å². The molecule has 3 nitrogen and oxygen atoms in total. The Morgan fingerprint density at radius 2 is 1.95 bits per heavy atom. The zero-order chi connectivity index (χ0) is 14.8. The van der Waals surface area contributed by atoms with Gasteiger partial charge in [0.15, 0.2) is 0 Å². The Hall–Kier alpha value is -1.51. The van der Waals surface area contributed by atoms with Gasteiger partial charge in [-0.2, -0.15) is 0 Å². The van der Waals surface area contributed by atoms with Gasteiger partial charge in [0.25, 0.3) is 0 Å². The standard InChI is InChI=1S/C17H26N2O/c1-17(2,3)12-15-5-4-10-19(15)16(20)11-13-6-8-14(18)9-7-13/h6-9,15H,4-5,10-12,18H2,1-3H3/t15-/m0/s1. The topological polar surface area (TPSA) is 46.3 Å². The van der Waals surface area contributed by atoms with Crippen molar-refractivity contribution in [3.05, 3.63) is 29.8 Å². The molecule has 2 N–H and O–H groups in total. The van der Waals surface area contributed by atoms with Crippen LogP contribution in [0.5, 0.6) is 0 Å². The van der Waals surface area contributed by atoms with Crippen LogP contribution in [0.1, 0.15) is 45.6 Å². The highest BCUT2D eigenvalue weighted by atomic mass is 16.2. The third-order valence-electron chi connectivity index (χ3n) is 3.88. The van der Waals surface area contributed by atoms with Crippen LogP contribution in [-0.4, -0.2) is 23.4 Å². The van der Waals surface area contributed by atoms with E-state index in [1.54, 1.807) is 0 Å². The molecule has 1 aliphatic rings. The predicted molar refractivity (Wildman–Crippen MR) is 83.4 cm³/mol. The fraction of sp³-hybridized carbons (Fsp3) is 0.588. The van der Waals surface area contributed by atoms with Crippen LogP contribution in [0.2, 0.25) is 0 Å². The first-order chi connectivity index (χ1) is 9.35. The number of likely N-dealkylation sites (tertiary alicyclic amines) is 1. The van der Waals surface area contributed by atoms with Crippen LogP contribution in [0.15, 0.2) is 24.3 Å². The molecule has 0 radical (unpaired) electrons. The van der Waals surface area contributed by atoms with Gasteiger partial charge in [-0.25, -0.2) is 0 Å². The molecule has 0 bridgehead atoms. The lowest BCUT2D eigenvalue weighted by molar-refractivity contribution is -0.131. The van der Waals surface area contributed by atoms with Crippen molar-refractivity contribution in [3.63, 3.8) is 0 Å². The minimum absolute atomic E-state index is 0.251. The molecule has 1 aromatic carbocycles. The van der Waals surface area contributed by atoms with Gasteiger partial charge in [-0.15, -0.1) is 0 Å². The third kappa shape index (κ3) is 3.99. The van der Waals surface area contributed by atoms with Crippen LogP contribution in [-0.2, 0) is 11.2 Å². The molecule has 2 rings (SSSR count). The lowest BCUT2D eigenvalue weighted by Gasteiger charge is -2.30. The zero-order valence-electron chi connectivity index (χ0n) is 12.9. The SMILES string of the molecule is CC(C)(C)C[C@@H]1CCCN1C(=O)Cc1ccc(N)cc1. The fourth-order valence-corrected chi connectivity index (χ4v) is 2.99. The Morgan fingerprint density at radius 3 is 2.55 bits per heavy atom. The second-order valence-corrected chi connectivity index (χ2v) is 7.07. The average molecular weight is 274 g/mol. The summed E-state index contributed by atoms with van der Waals surface area (Å²) in [6, 6.07) is 8.03. The molecule has 0 aliphatic carbocycles. The largest absolute Gasteiger partial charge is 0.399 e. The Bertz CT molecular complexity index is 459. The maximum atomic E-state index is 12.5. The Balaban J connectivity index is 1.99. The normalized spacial score (nSPS) is 19.4. The Labute approximate surface area is 122 Å². The number of rotatable bonds is 3. The van der Waals surface area contributed by atoms with E-state index in [0.29, 0.717) is 12.5 Å². The summed E-state index contributed by atoms with van der Waals surface area (Å²) in [4.78, 5) is 14.6. The molecule has 1 aliphatic heterocycles. The van der Waals surface area contributed by atoms with Crippen molar-refractivity contribution >= 4 is 11.6 Å². The number of benzene rings is 1. The number of nitrogens with zero attached hydrogens (tertiary/aromatic N) is 1. The number of anilines is 1. The minimum Gasteiger partial charge on any atom is -0.399 e. The van der Waals surface area contributed by atoms with Gasteiger partial charge in [0, 0.05) is 18.3 Å². The van der Waals surface area contributed by atoms with E-state index < -0.39 is 0 Å². The third-order valence-corrected chi connectivity index (χ3v) is 3.88. The van der Waals surface area contributed by atoms with Crippen LogP contribution in [0, 0.1) is 5.41 Å². The summed E-state index contributed by atoms with van der Waals surface area (Å²) in [6.07, 6.45) is 3.85. The molecule has 20 heavy (non-hydrogen) atoms. The van der Waals surface area contributed by atoms with E-state index in [4.69, 9.17) is 5.73 Å². The lowest BCUT2D eigenvalue weighted by atomic mass is 9.87. The summed E-state index contributed by atoms with van der Waals surface area (Å²) < 4.78 is 0. The molecule has 1 saturated heterocycles. The van der Waals surface area contributed by atoms with Crippen LogP contribution in [0.25, 0.3) is 0 Å². The molecule has 0 spiro atoms. The number of hydrogen-bond acceptors (Lipinski definition) is 2. The quantitative estimate of drug-likeness (QED) is 0.860. The molecule has 1 fully saturated rings. The summed E-state index contributed by atoms with van der Waals surface area (Å²) in [6.45, 7) is 7.64. The molecule has 110 valence electrons. The second-order valence-electron chi connectivity index (χ2n) is 7.07. The first-order valence-corrected chi connectivity index (χ1v) is 7.49. The highest BCUT2D eigenvalue weighted by molar-refractivity contribution is 5.79. The lowest BCUT2D eigenvalue weighted by Crippen LogP contribution is -2.38. The van der Waals surface area contributed by atoms with Gasteiger partial charge in [-0.3, -0.25) is 4.79 Å². The van der Waals surface area contributed by atoms with Crippen molar-refractivity contribution in [2.24, 2.45) is 5.41 Å². The van der Waals surface area contributed by atoms with E-state index >= 15 is 0 Å². The average Bonchev–Trinajstić information content (AvgIpc) is 2.78. The number of carbonyl (C=O) groups is 1. The number of nitrogen functional groups attached to an aromatic ring is 1. The number of carbonyl (C=O) groups excluding carboxylic acids is 1. The van der Waals surface area contributed by atoms with E-state index in [2.05, 4.69) is 25.7 Å². The molecular weight excluding hydrogens is 248 g/mol. The van der Waals surface area contributed by atoms with Gasteiger partial charge in [0.05, 0.1) is 6.42 Å². The maximum absolute atomic E-state index is 12.5.